The lowest BCUT2D eigenvalue weighted by atomic mass is 9.82. The maximum absolute atomic E-state index is 6.28. The van der Waals surface area contributed by atoms with Crippen LogP contribution in [0.15, 0.2) is 0 Å². The van der Waals surface area contributed by atoms with Gasteiger partial charge in [-0.3, -0.25) is 0 Å². The summed E-state index contributed by atoms with van der Waals surface area (Å²) in [5, 5.41) is 0. The van der Waals surface area contributed by atoms with Gasteiger partial charge in [-0.05, 0) is 50.5 Å². The van der Waals surface area contributed by atoms with Gasteiger partial charge in [0, 0.05) is 18.6 Å². The largest absolute Gasteiger partial charge is 0.327 e. The number of rotatable bonds is 2. The lowest BCUT2D eigenvalue weighted by Crippen LogP contribution is -2.49. The first kappa shape index (κ1) is 12.4. The summed E-state index contributed by atoms with van der Waals surface area (Å²) in [6.45, 7) is 9.68. The molecular weight excluding hydrogens is 196 g/mol. The fraction of sp³-hybridized carbons (Fsp3) is 1.00. The average molecular weight is 224 g/mol. The highest BCUT2D eigenvalue weighted by atomic mass is 15.2. The van der Waals surface area contributed by atoms with Crippen molar-refractivity contribution >= 4 is 0 Å². The summed E-state index contributed by atoms with van der Waals surface area (Å²) in [4.78, 5) is 2.69. The summed E-state index contributed by atoms with van der Waals surface area (Å²) in [5.41, 5.74) is 6.66. The Hall–Kier alpha value is -0.0800. The molecule has 0 amide bonds. The van der Waals surface area contributed by atoms with Gasteiger partial charge in [-0.2, -0.15) is 0 Å². The van der Waals surface area contributed by atoms with E-state index >= 15 is 0 Å². The number of hydrogen-bond donors (Lipinski definition) is 1. The van der Waals surface area contributed by atoms with E-state index in [1.54, 1.807) is 0 Å². The molecule has 2 heteroatoms. The van der Waals surface area contributed by atoms with Crippen molar-refractivity contribution in [2.45, 2.75) is 65.0 Å². The summed E-state index contributed by atoms with van der Waals surface area (Å²) >= 11 is 0. The average Bonchev–Trinajstić information content (AvgIpc) is 2.52. The molecule has 1 heterocycles. The van der Waals surface area contributed by atoms with Crippen LogP contribution < -0.4 is 5.73 Å². The minimum atomic E-state index is 0.384. The van der Waals surface area contributed by atoms with Crippen LogP contribution in [0.2, 0.25) is 0 Å². The molecule has 0 aromatic heterocycles. The van der Waals surface area contributed by atoms with E-state index in [9.17, 15) is 0 Å². The van der Waals surface area contributed by atoms with Crippen molar-refractivity contribution in [1.29, 1.82) is 0 Å². The second-order valence-electron chi connectivity index (χ2n) is 6.60. The van der Waals surface area contributed by atoms with Crippen molar-refractivity contribution in [3.63, 3.8) is 0 Å². The third-order valence-corrected chi connectivity index (χ3v) is 5.00. The minimum absolute atomic E-state index is 0.384. The van der Waals surface area contributed by atoms with E-state index in [2.05, 4.69) is 25.7 Å². The van der Waals surface area contributed by atoms with Crippen molar-refractivity contribution in [3.8, 4) is 0 Å². The van der Waals surface area contributed by atoms with Crippen molar-refractivity contribution in [3.05, 3.63) is 0 Å². The molecule has 94 valence electrons. The lowest BCUT2D eigenvalue weighted by molar-refractivity contribution is 0.0733. The first-order valence-electron chi connectivity index (χ1n) is 7.01. The van der Waals surface area contributed by atoms with E-state index in [0.717, 1.165) is 12.0 Å². The smallest absolute Gasteiger partial charge is 0.0105 e. The molecule has 2 fully saturated rings. The van der Waals surface area contributed by atoms with Gasteiger partial charge in [0.25, 0.3) is 0 Å². The van der Waals surface area contributed by atoms with Gasteiger partial charge in [0.1, 0.15) is 0 Å². The van der Waals surface area contributed by atoms with Crippen molar-refractivity contribution < 1.29 is 0 Å². The third kappa shape index (κ3) is 2.43. The van der Waals surface area contributed by atoms with E-state index in [0.29, 0.717) is 11.5 Å². The van der Waals surface area contributed by atoms with Crippen LogP contribution in [-0.2, 0) is 0 Å². The van der Waals surface area contributed by atoms with Crippen LogP contribution in [0, 0.1) is 11.3 Å². The number of nitrogens with two attached hydrogens (primary N) is 1. The highest BCUT2D eigenvalue weighted by molar-refractivity contribution is 4.95. The molecule has 2 N–H and O–H groups in total. The fourth-order valence-electron chi connectivity index (χ4n) is 3.61. The molecule has 1 aliphatic heterocycles. The molecule has 2 rings (SSSR count). The summed E-state index contributed by atoms with van der Waals surface area (Å²) in [5.74, 6) is 0.913. The van der Waals surface area contributed by atoms with Crippen LogP contribution in [0.25, 0.3) is 0 Å². The van der Waals surface area contributed by atoms with E-state index < -0.39 is 0 Å². The predicted octanol–water partition coefficient (Wildman–Crippen LogP) is 2.62. The third-order valence-electron chi connectivity index (χ3n) is 5.00. The lowest BCUT2D eigenvalue weighted by Gasteiger charge is -2.42. The normalized spacial score (nSPS) is 46.1. The molecule has 1 saturated heterocycles. The van der Waals surface area contributed by atoms with Gasteiger partial charge in [0.05, 0.1) is 0 Å². The molecule has 4 atom stereocenters. The minimum Gasteiger partial charge on any atom is -0.327 e. The van der Waals surface area contributed by atoms with Crippen LogP contribution >= 0.6 is 0 Å². The number of likely N-dealkylation sites (tertiary alicyclic amines) is 1. The first-order valence-corrected chi connectivity index (χ1v) is 7.01. The number of piperidine rings is 1. The second-order valence-corrected chi connectivity index (χ2v) is 6.60. The summed E-state index contributed by atoms with van der Waals surface area (Å²) < 4.78 is 0. The van der Waals surface area contributed by atoms with E-state index in [1.807, 2.05) is 0 Å². The molecule has 1 aliphatic carbocycles. The van der Waals surface area contributed by atoms with Crippen molar-refractivity contribution in [2.75, 3.05) is 13.1 Å². The molecule has 1 saturated carbocycles. The maximum Gasteiger partial charge on any atom is 0.0105 e. The summed E-state index contributed by atoms with van der Waals surface area (Å²) in [6.07, 6.45) is 6.62. The Morgan fingerprint density at radius 1 is 1.31 bits per heavy atom. The Kier molecular flexibility index (Phi) is 3.60. The highest BCUT2D eigenvalue weighted by Gasteiger charge is 2.39. The van der Waals surface area contributed by atoms with E-state index in [1.165, 1.54) is 45.2 Å². The molecule has 2 nitrogen and oxygen atoms in total. The zero-order valence-corrected chi connectivity index (χ0v) is 11.2. The molecule has 0 spiro atoms. The first-order chi connectivity index (χ1) is 7.51. The van der Waals surface area contributed by atoms with Gasteiger partial charge in [-0.1, -0.05) is 20.3 Å². The maximum atomic E-state index is 6.28. The number of nitrogens with zero attached hydrogens (tertiary/aromatic N) is 1. The van der Waals surface area contributed by atoms with Gasteiger partial charge in [-0.15, -0.1) is 0 Å². The topological polar surface area (TPSA) is 29.3 Å². The molecule has 0 aromatic carbocycles. The van der Waals surface area contributed by atoms with Gasteiger partial charge < -0.3 is 10.6 Å². The Morgan fingerprint density at radius 3 is 2.62 bits per heavy atom. The second kappa shape index (κ2) is 4.66. The Bertz CT molecular complexity index is 241. The molecule has 4 unspecified atom stereocenters. The van der Waals surface area contributed by atoms with Crippen molar-refractivity contribution in [2.24, 2.45) is 17.1 Å². The predicted molar refractivity (Wildman–Crippen MR) is 69.4 cm³/mol. The molecule has 0 bridgehead atoms. The monoisotopic (exact) mass is 224 g/mol. The van der Waals surface area contributed by atoms with Crippen LogP contribution in [0.1, 0.15) is 52.9 Å². The molecule has 16 heavy (non-hydrogen) atoms. The fourth-order valence-corrected chi connectivity index (χ4v) is 3.61. The van der Waals surface area contributed by atoms with Crippen LogP contribution in [-0.4, -0.2) is 30.1 Å². The number of hydrogen-bond acceptors (Lipinski definition) is 2. The Balaban J connectivity index is 1.94. The molecule has 0 radical (unpaired) electrons. The van der Waals surface area contributed by atoms with Crippen LogP contribution in [0.5, 0.6) is 0 Å². The Labute approximate surface area is 101 Å². The van der Waals surface area contributed by atoms with Gasteiger partial charge in [0.15, 0.2) is 0 Å². The Morgan fingerprint density at radius 2 is 2.06 bits per heavy atom. The molecular formula is C14H28N2. The molecule has 0 aromatic rings. The molecule has 2 aliphatic rings. The summed E-state index contributed by atoms with van der Waals surface area (Å²) in [7, 11) is 0. The summed E-state index contributed by atoms with van der Waals surface area (Å²) in [6, 6.07) is 1.19. The SMILES string of the molecule is CC1CCN(CC2(C)CCCC2N)C(C)C1. The zero-order chi connectivity index (χ0) is 11.8. The quantitative estimate of drug-likeness (QED) is 0.781. The van der Waals surface area contributed by atoms with Gasteiger partial charge in [-0.25, -0.2) is 0 Å². The van der Waals surface area contributed by atoms with Crippen LogP contribution in [0.4, 0.5) is 0 Å². The standard InChI is InChI=1S/C14H28N2/c1-11-6-8-16(12(2)9-11)10-14(3)7-4-5-13(14)15/h11-13H,4-10,15H2,1-3H3. The van der Waals surface area contributed by atoms with E-state index in [-0.39, 0.29) is 0 Å². The van der Waals surface area contributed by atoms with E-state index in [4.69, 9.17) is 5.73 Å². The highest BCUT2D eigenvalue weighted by Crippen LogP contribution is 2.38. The van der Waals surface area contributed by atoms with Crippen LogP contribution in [0.3, 0.4) is 0 Å². The van der Waals surface area contributed by atoms with Crippen molar-refractivity contribution in [1.82, 2.24) is 4.90 Å². The van der Waals surface area contributed by atoms with Gasteiger partial charge in [0.2, 0.25) is 0 Å². The zero-order valence-electron chi connectivity index (χ0n) is 11.2. The van der Waals surface area contributed by atoms with Gasteiger partial charge >= 0.3 is 0 Å².